The maximum absolute atomic E-state index is 14.0. The highest BCUT2D eigenvalue weighted by molar-refractivity contribution is 5.91. The summed E-state index contributed by atoms with van der Waals surface area (Å²) >= 11 is 0. The highest BCUT2D eigenvalue weighted by Gasteiger charge is 2.49. The summed E-state index contributed by atoms with van der Waals surface area (Å²) in [6.07, 6.45) is -3.05. The number of benzene rings is 1. The van der Waals surface area contributed by atoms with Crippen molar-refractivity contribution < 1.29 is 64.9 Å². The van der Waals surface area contributed by atoms with Gasteiger partial charge in [0.15, 0.2) is 0 Å². The molecule has 2 saturated heterocycles. The number of hydrogen-bond acceptors (Lipinski definition) is 7. The van der Waals surface area contributed by atoms with Crippen molar-refractivity contribution in [3.05, 3.63) is 35.6 Å². The molecule has 0 spiro atoms. The normalized spacial score (nSPS) is 21.0. The van der Waals surface area contributed by atoms with E-state index in [4.69, 9.17) is 19.8 Å². The minimum atomic E-state index is -5.08. The number of carboxylic acid groups (broad SMARTS) is 2. The first-order chi connectivity index (χ1) is 25.8. The Balaban J connectivity index is 0.000000657. The summed E-state index contributed by atoms with van der Waals surface area (Å²) in [6, 6.07) is 5.16. The quantitative estimate of drug-likeness (QED) is 0.201. The fourth-order valence-corrected chi connectivity index (χ4v) is 6.96. The number of carboxylic acids is 2. The molecule has 0 bridgehead atoms. The fraction of sp³-hybridized carbons (Fsp3) is 0.703. The zero-order chi connectivity index (χ0) is 42.6. The van der Waals surface area contributed by atoms with Gasteiger partial charge in [-0.05, 0) is 76.0 Å². The van der Waals surface area contributed by atoms with Crippen molar-refractivity contribution in [1.29, 1.82) is 0 Å². The Morgan fingerprint density at radius 3 is 1.75 bits per heavy atom. The summed E-state index contributed by atoms with van der Waals surface area (Å²) in [5.41, 5.74) is -0.0269. The second kappa shape index (κ2) is 20.4. The number of carbonyl (C=O) groups is 5. The topological polar surface area (TPSA) is 177 Å². The van der Waals surface area contributed by atoms with E-state index in [0.717, 1.165) is 31.2 Å². The number of piperazine rings is 1. The number of aliphatic carboxylic acids is 2. The molecule has 12 nitrogen and oxygen atoms in total. The van der Waals surface area contributed by atoms with Crippen LogP contribution in [0.4, 0.5) is 30.7 Å². The van der Waals surface area contributed by atoms with E-state index in [2.05, 4.69) is 35.1 Å². The third-order valence-electron chi connectivity index (χ3n) is 10.0. The van der Waals surface area contributed by atoms with E-state index in [1.54, 1.807) is 12.1 Å². The first-order valence-corrected chi connectivity index (χ1v) is 18.5. The number of likely N-dealkylation sites (tertiary alicyclic amines) is 1. The largest absolute Gasteiger partial charge is 0.490 e. The van der Waals surface area contributed by atoms with Gasteiger partial charge in [0, 0.05) is 44.2 Å². The van der Waals surface area contributed by atoms with Crippen LogP contribution in [0.3, 0.4) is 0 Å². The van der Waals surface area contributed by atoms with Gasteiger partial charge in [0.05, 0.1) is 11.5 Å². The molecule has 4 rings (SSSR count). The predicted octanol–water partition coefficient (Wildman–Crippen LogP) is 4.81. The van der Waals surface area contributed by atoms with Gasteiger partial charge >= 0.3 is 24.3 Å². The number of alkyl halides is 6. The van der Waals surface area contributed by atoms with Crippen molar-refractivity contribution in [3.63, 3.8) is 0 Å². The first-order valence-electron chi connectivity index (χ1n) is 18.5. The van der Waals surface area contributed by atoms with Crippen LogP contribution in [-0.4, -0.2) is 107 Å². The first kappa shape index (κ1) is 48.1. The number of nitrogens with one attached hydrogen (secondary N) is 4. The zero-order valence-electron chi connectivity index (χ0n) is 32.2. The van der Waals surface area contributed by atoms with E-state index in [-0.39, 0.29) is 35.5 Å². The maximum atomic E-state index is 14.0. The Morgan fingerprint density at radius 1 is 0.839 bits per heavy atom. The maximum Gasteiger partial charge on any atom is 0.490 e. The van der Waals surface area contributed by atoms with Gasteiger partial charge in [-0.1, -0.05) is 45.2 Å². The lowest BCUT2D eigenvalue weighted by Gasteiger charge is -2.48. The lowest BCUT2D eigenvalue weighted by molar-refractivity contribution is -0.193. The minimum absolute atomic E-state index is 0.112. The van der Waals surface area contributed by atoms with Crippen molar-refractivity contribution in [2.75, 3.05) is 26.2 Å². The molecule has 2 heterocycles. The van der Waals surface area contributed by atoms with Gasteiger partial charge in [0.1, 0.15) is 11.9 Å². The average Bonchev–Trinajstić information content (AvgIpc) is 3.11. The van der Waals surface area contributed by atoms with Crippen LogP contribution >= 0.6 is 0 Å². The standard InChI is InChI=1S/C33H52FN5O3.2C2HF3O2/c1-22(2)27-20-36-28(21-35-27)29(40)37-26(19-23-11-13-25(34)14-12-23)30(41)39-17-15-33(16-18-39,24-9-7-6-8-10-24)31(42)38-32(3,4)5;2*3-2(4,5)1(6)7/h11-14,22,24,26-28,35-36H,6-10,15-21H2,1-5H3,(H,37,40)(H,38,42);2*(H,6,7)/t26-,27+,28+;;/m1../s1. The van der Waals surface area contributed by atoms with E-state index < -0.39 is 41.8 Å². The summed E-state index contributed by atoms with van der Waals surface area (Å²) < 4.78 is 77.1. The summed E-state index contributed by atoms with van der Waals surface area (Å²) in [5.74, 6) is -5.35. The Kier molecular flexibility index (Phi) is 17.6. The highest BCUT2D eigenvalue weighted by Crippen LogP contribution is 2.46. The molecule has 1 aromatic carbocycles. The average molecular weight is 814 g/mol. The van der Waals surface area contributed by atoms with E-state index in [1.165, 1.54) is 18.6 Å². The second-order valence-corrected chi connectivity index (χ2v) is 15.7. The lowest BCUT2D eigenvalue weighted by atomic mass is 9.63. The molecule has 1 saturated carbocycles. The number of amides is 3. The van der Waals surface area contributed by atoms with Gasteiger partial charge in [0.2, 0.25) is 17.7 Å². The van der Waals surface area contributed by atoms with Crippen molar-refractivity contribution in [2.24, 2.45) is 17.3 Å². The van der Waals surface area contributed by atoms with Crippen LogP contribution < -0.4 is 21.3 Å². The van der Waals surface area contributed by atoms with Crippen LogP contribution in [0.15, 0.2) is 24.3 Å². The predicted molar refractivity (Wildman–Crippen MR) is 191 cm³/mol. The van der Waals surface area contributed by atoms with Gasteiger partial charge in [-0.2, -0.15) is 26.3 Å². The molecule has 318 valence electrons. The van der Waals surface area contributed by atoms with E-state index >= 15 is 0 Å². The number of carbonyl (C=O) groups excluding carboxylic acids is 3. The molecule has 3 aliphatic rings. The molecule has 1 aromatic rings. The van der Waals surface area contributed by atoms with Crippen molar-refractivity contribution in [3.8, 4) is 0 Å². The van der Waals surface area contributed by atoms with E-state index in [0.29, 0.717) is 56.9 Å². The van der Waals surface area contributed by atoms with Gasteiger partial charge in [-0.3, -0.25) is 14.4 Å². The zero-order valence-corrected chi connectivity index (χ0v) is 32.2. The van der Waals surface area contributed by atoms with Gasteiger partial charge in [0.25, 0.3) is 0 Å². The van der Waals surface area contributed by atoms with Crippen molar-refractivity contribution >= 4 is 29.7 Å². The third-order valence-corrected chi connectivity index (χ3v) is 10.0. The number of nitrogens with zero attached hydrogens (tertiary/aromatic N) is 1. The van der Waals surface area contributed by atoms with E-state index in [1.807, 2.05) is 25.7 Å². The van der Waals surface area contributed by atoms with Crippen molar-refractivity contribution in [1.82, 2.24) is 26.2 Å². The van der Waals surface area contributed by atoms with E-state index in [9.17, 15) is 45.1 Å². The molecule has 6 N–H and O–H groups in total. The molecular formula is C37H54F7N5O7. The highest BCUT2D eigenvalue weighted by atomic mass is 19.4. The third kappa shape index (κ3) is 15.2. The fourth-order valence-electron chi connectivity index (χ4n) is 6.96. The number of hydrogen-bond donors (Lipinski definition) is 6. The molecular weight excluding hydrogens is 759 g/mol. The molecule has 0 aromatic heterocycles. The summed E-state index contributed by atoms with van der Waals surface area (Å²) in [5, 5.41) is 27.3. The molecule has 1 aliphatic carbocycles. The molecule has 3 atom stereocenters. The van der Waals surface area contributed by atoms with Gasteiger partial charge in [-0.15, -0.1) is 0 Å². The van der Waals surface area contributed by atoms with Gasteiger partial charge < -0.3 is 36.4 Å². The number of piperidine rings is 1. The minimum Gasteiger partial charge on any atom is -0.475 e. The van der Waals surface area contributed by atoms with Crippen LogP contribution in [-0.2, 0) is 30.4 Å². The van der Waals surface area contributed by atoms with Gasteiger partial charge in [-0.25, -0.2) is 14.0 Å². The molecule has 2 aliphatic heterocycles. The van der Waals surface area contributed by atoms with Crippen molar-refractivity contribution in [2.45, 2.75) is 122 Å². The van der Waals surface area contributed by atoms with Crippen LogP contribution in [0, 0.1) is 23.1 Å². The Hall–Kier alpha value is -4.00. The second-order valence-electron chi connectivity index (χ2n) is 15.7. The molecule has 56 heavy (non-hydrogen) atoms. The smallest absolute Gasteiger partial charge is 0.475 e. The number of rotatable bonds is 8. The summed E-state index contributed by atoms with van der Waals surface area (Å²) in [4.78, 5) is 60.8. The van der Waals surface area contributed by atoms with Crippen LogP contribution in [0.2, 0.25) is 0 Å². The SMILES string of the molecule is CC(C)[C@@H]1CN[C@H](C(=O)N[C@H](Cc2ccc(F)cc2)C(=O)N2CCC(C(=O)NC(C)(C)C)(C3CCCCC3)CC2)CN1.O=C(O)C(F)(F)F.O=C(O)C(F)(F)F. The summed E-state index contributed by atoms with van der Waals surface area (Å²) in [6.45, 7) is 12.4. The molecule has 3 amide bonds. The number of halogens is 7. The Morgan fingerprint density at radius 2 is 1.34 bits per heavy atom. The molecule has 19 heteroatoms. The monoisotopic (exact) mass is 813 g/mol. The lowest BCUT2D eigenvalue weighted by Crippen LogP contribution is -2.63. The summed E-state index contributed by atoms with van der Waals surface area (Å²) in [7, 11) is 0. The van der Waals surface area contributed by atoms with Crippen LogP contribution in [0.25, 0.3) is 0 Å². The molecule has 0 radical (unpaired) electrons. The molecule has 3 fully saturated rings. The Bertz CT molecular complexity index is 1440. The molecule has 0 unspecified atom stereocenters. The Labute approximate surface area is 321 Å². The van der Waals surface area contributed by atoms with Crippen LogP contribution in [0.5, 0.6) is 0 Å². The van der Waals surface area contributed by atoms with Crippen LogP contribution in [0.1, 0.15) is 85.1 Å².